The van der Waals surface area contributed by atoms with Gasteiger partial charge in [0, 0.05) is 23.4 Å². The number of anilines is 1. The van der Waals surface area contributed by atoms with Gasteiger partial charge in [-0.1, -0.05) is 42.5 Å². The Balaban J connectivity index is 1.65. The van der Waals surface area contributed by atoms with Crippen molar-refractivity contribution in [1.29, 1.82) is 0 Å². The number of carbonyl (C=O) groups is 1. The van der Waals surface area contributed by atoms with E-state index in [9.17, 15) is 14.9 Å². The third kappa shape index (κ3) is 4.74. The number of thiocarbonyl (C=S) groups is 1. The van der Waals surface area contributed by atoms with Gasteiger partial charge in [-0.05, 0) is 47.6 Å². The minimum atomic E-state index is -0.520. The number of nitro groups is 1. The van der Waals surface area contributed by atoms with Gasteiger partial charge in [0.05, 0.1) is 4.92 Å². The summed E-state index contributed by atoms with van der Waals surface area (Å²) >= 11 is 5.19. The Morgan fingerprint density at radius 3 is 2.22 bits per heavy atom. The van der Waals surface area contributed by atoms with Crippen LogP contribution in [-0.4, -0.2) is 15.9 Å². The molecule has 0 bridgehead atoms. The first-order chi connectivity index (χ1) is 13.0. The van der Waals surface area contributed by atoms with Crippen LogP contribution in [0.5, 0.6) is 0 Å². The maximum Gasteiger partial charge on any atom is 0.269 e. The number of hydrogen-bond donors (Lipinski definition) is 2. The molecule has 0 spiro atoms. The molecule has 2 N–H and O–H groups in total. The minimum Gasteiger partial charge on any atom is -0.332 e. The molecule has 3 aromatic carbocycles. The van der Waals surface area contributed by atoms with E-state index in [-0.39, 0.29) is 16.4 Å². The van der Waals surface area contributed by atoms with Crippen molar-refractivity contribution in [2.45, 2.75) is 0 Å². The molecule has 3 rings (SSSR count). The molecule has 0 aliphatic rings. The van der Waals surface area contributed by atoms with Gasteiger partial charge in [0.25, 0.3) is 11.6 Å². The highest BCUT2D eigenvalue weighted by Gasteiger charge is 2.11. The molecule has 0 atom stereocenters. The standard InChI is InChI=1S/C20H15N3O3S/c24-19(15-9-11-18(12-10-15)23(25)26)22-20(27)21-17-8-4-7-16(13-17)14-5-2-1-3-6-14/h1-13H,(H2,21,22,24,27). The maximum absolute atomic E-state index is 12.2. The van der Waals surface area contributed by atoms with E-state index >= 15 is 0 Å². The van der Waals surface area contributed by atoms with E-state index in [0.29, 0.717) is 0 Å². The zero-order valence-corrected chi connectivity index (χ0v) is 14.9. The van der Waals surface area contributed by atoms with Crippen LogP contribution < -0.4 is 10.6 Å². The van der Waals surface area contributed by atoms with Crippen LogP contribution in [0.1, 0.15) is 10.4 Å². The lowest BCUT2D eigenvalue weighted by atomic mass is 10.1. The number of nitrogens with one attached hydrogen (secondary N) is 2. The van der Waals surface area contributed by atoms with E-state index < -0.39 is 10.8 Å². The van der Waals surface area contributed by atoms with Gasteiger partial charge in [0.2, 0.25) is 0 Å². The monoisotopic (exact) mass is 377 g/mol. The maximum atomic E-state index is 12.2. The van der Waals surface area contributed by atoms with E-state index in [0.717, 1.165) is 16.8 Å². The average molecular weight is 377 g/mol. The second-order valence-electron chi connectivity index (χ2n) is 5.66. The molecule has 0 unspecified atom stereocenters. The highest BCUT2D eigenvalue weighted by Crippen LogP contribution is 2.22. The molecular formula is C20H15N3O3S. The number of nitro benzene ring substituents is 1. The lowest BCUT2D eigenvalue weighted by Gasteiger charge is -2.11. The summed E-state index contributed by atoms with van der Waals surface area (Å²) in [4.78, 5) is 22.4. The van der Waals surface area contributed by atoms with Gasteiger partial charge in [-0.2, -0.15) is 0 Å². The van der Waals surface area contributed by atoms with Gasteiger partial charge in [-0.3, -0.25) is 20.2 Å². The Kier molecular flexibility index (Phi) is 5.53. The van der Waals surface area contributed by atoms with Gasteiger partial charge in [0.1, 0.15) is 0 Å². The predicted molar refractivity (Wildman–Crippen MR) is 109 cm³/mol. The number of carbonyl (C=O) groups excluding carboxylic acids is 1. The zero-order chi connectivity index (χ0) is 19.2. The molecule has 134 valence electrons. The smallest absolute Gasteiger partial charge is 0.269 e. The van der Waals surface area contributed by atoms with Crippen LogP contribution in [0.4, 0.5) is 11.4 Å². The van der Waals surface area contributed by atoms with E-state index in [2.05, 4.69) is 10.6 Å². The molecular weight excluding hydrogens is 362 g/mol. The summed E-state index contributed by atoms with van der Waals surface area (Å²) in [6, 6.07) is 22.9. The van der Waals surface area contributed by atoms with Crippen LogP contribution in [0.15, 0.2) is 78.9 Å². The fourth-order valence-corrected chi connectivity index (χ4v) is 2.69. The van der Waals surface area contributed by atoms with Crippen LogP contribution in [0, 0.1) is 10.1 Å². The average Bonchev–Trinajstić information content (AvgIpc) is 2.69. The lowest BCUT2D eigenvalue weighted by molar-refractivity contribution is -0.384. The SMILES string of the molecule is O=C(NC(=S)Nc1cccc(-c2ccccc2)c1)c1ccc([N+](=O)[O-])cc1. The normalized spacial score (nSPS) is 10.1. The second-order valence-corrected chi connectivity index (χ2v) is 6.07. The fourth-order valence-electron chi connectivity index (χ4n) is 2.48. The Hall–Kier alpha value is -3.58. The topological polar surface area (TPSA) is 84.3 Å². The first-order valence-electron chi connectivity index (χ1n) is 8.05. The molecule has 0 aliphatic carbocycles. The summed E-state index contributed by atoms with van der Waals surface area (Å²) in [6.07, 6.45) is 0. The van der Waals surface area contributed by atoms with Gasteiger partial charge >= 0.3 is 0 Å². The van der Waals surface area contributed by atoms with Crippen molar-refractivity contribution in [2.75, 3.05) is 5.32 Å². The van der Waals surface area contributed by atoms with E-state index in [1.807, 2.05) is 54.6 Å². The first kappa shape index (κ1) is 18.2. The van der Waals surface area contributed by atoms with Crippen LogP contribution >= 0.6 is 12.2 Å². The molecule has 3 aromatic rings. The van der Waals surface area contributed by atoms with Crippen molar-refractivity contribution < 1.29 is 9.72 Å². The number of non-ortho nitro benzene ring substituents is 1. The van der Waals surface area contributed by atoms with Gasteiger partial charge in [-0.25, -0.2) is 0 Å². The number of hydrogen-bond acceptors (Lipinski definition) is 4. The predicted octanol–water partition coefficient (Wildman–Crippen LogP) is 4.39. The summed E-state index contributed by atoms with van der Waals surface area (Å²) in [5, 5.41) is 16.3. The molecule has 0 heterocycles. The third-order valence-corrected chi connectivity index (χ3v) is 4.00. The molecule has 0 aliphatic heterocycles. The molecule has 6 nitrogen and oxygen atoms in total. The largest absolute Gasteiger partial charge is 0.332 e. The molecule has 7 heteroatoms. The molecule has 0 saturated heterocycles. The second kappa shape index (κ2) is 8.20. The highest BCUT2D eigenvalue weighted by molar-refractivity contribution is 7.80. The minimum absolute atomic E-state index is 0.0787. The quantitative estimate of drug-likeness (QED) is 0.400. The van der Waals surface area contributed by atoms with Crippen LogP contribution in [-0.2, 0) is 0 Å². The number of nitrogens with zero attached hydrogens (tertiary/aromatic N) is 1. The summed E-state index contributed by atoms with van der Waals surface area (Å²) in [6.45, 7) is 0. The molecule has 0 radical (unpaired) electrons. The third-order valence-electron chi connectivity index (χ3n) is 3.79. The molecule has 0 fully saturated rings. The van der Waals surface area contributed by atoms with Crippen molar-refractivity contribution in [3.8, 4) is 11.1 Å². The summed E-state index contributed by atoms with van der Waals surface area (Å²) in [5.41, 5.74) is 3.03. The summed E-state index contributed by atoms with van der Waals surface area (Å²) in [7, 11) is 0. The number of amides is 1. The lowest BCUT2D eigenvalue weighted by Crippen LogP contribution is -2.34. The Morgan fingerprint density at radius 1 is 0.889 bits per heavy atom. The van der Waals surface area contributed by atoms with E-state index in [1.165, 1.54) is 24.3 Å². The van der Waals surface area contributed by atoms with Crippen molar-refractivity contribution >= 4 is 34.6 Å². The fraction of sp³-hybridized carbons (Fsp3) is 0. The number of benzene rings is 3. The zero-order valence-electron chi connectivity index (χ0n) is 14.1. The molecule has 0 saturated carbocycles. The van der Waals surface area contributed by atoms with E-state index in [4.69, 9.17) is 12.2 Å². The molecule has 1 amide bonds. The Morgan fingerprint density at radius 2 is 1.56 bits per heavy atom. The summed E-state index contributed by atoms with van der Waals surface area (Å²) < 4.78 is 0. The summed E-state index contributed by atoms with van der Waals surface area (Å²) in [5.74, 6) is -0.443. The van der Waals surface area contributed by atoms with Crippen LogP contribution in [0.2, 0.25) is 0 Å². The van der Waals surface area contributed by atoms with E-state index in [1.54, 1.807) is 0 Å². The van der Waals surface area contributed by atoms with Crippen molar-refractivity contribution in [1.82, 2.24) is 5.32 Å². The van der Waals surface area contributed by atoms with Crippen molar-refractivity contribution in [3.05, 3.63) is 94.5 Å². The Labute approximate surface area is 161 Å². The van der Waals surface area contributed by atoms with Crippen molar-refractivity contribution in [3.63, 3.8) is 0 Å². The van der Waals surface area contributed by atoms with Gasteiger partial charge in [0.15, 0.2) is 5.11 Å². The molecule has 27 heavy (non-hydrogen) atoms. The van der Waals surface area contributed by atoms with Crippen LogP contribution in [0.25, 0.3) is 11.1 Å². The first-order valence-corrected chi connectivity index (χ1v) is 8.46. The van der Waals surface area contributed by atoms with Gasteiger partial charge < -0.3 is 5.32 Å². The molecule has 0 aromatic heterocycles. The van der Waals surface area contributed by atoms with Gasteiger partial charge in [-0.15, -0.1) is 0 Å². The highest BCUT2D eigenvalue weighted by atomic mass is 32.1. The van der Waals surface area contributed by atoms with Crippen molar-refractivity contribution in [2.24, 2.45) is 0 Å². The number of rotatable bonds is 4. The van der Waals surface area contributed by atoms with Crippen LogP contribution in [0.3, 0.4) is 0 Å². The Bertz CT molecular complexity index is 989.